The molecule has 1 aromatic carbocycles. The molecule has 1 aliphatic rings. The molecule has 0 amide bonds. The van der Waals surface area contributed by atoms with Gasteiger partial charge in [-0.2, -0.15) is 9.40 Å². The zero-order valence-corrected chi connectivity index (χ0v) is 17.5. The van der Waals surface area contributed by atoms with E-state index in [1.54, 1.807) is 29.9 Å². The summed E-state index contributed by atoms with van der Waals surface area (Å²) in [5.41, 5.74) is 1.96. The van der Waals surface area contributed by atoms with Crippen LogP contribution >= 0.6 is 0 Å². The van der Waals surface area contributed by atoms with E-state index in [0.717, 1.165) is 0 Å². The van der Waals surface area contributed by atoms with E-state index in [0.29, 0.717) is 29.2 Å². The van der Waals surface area contributed by atoms with Crippen LogP contribution in [0.15, 0.2) is 47.8 Å². The van der Waals surface area contributed by atoms with E-state index in [2.05, 4.69) is 15.1 Å². The van der Waals surface area contributed by atoms with Gasteiger partial charge in [0.2, 0.25) is 10.0 Å². The van der Waals surface area contributed by atoms with Crippen LogP contribution in [0.3, 0.4) is 0 Å². The maximum atomic E-state index is 13.7. The lowest BCUT2D eigenvalue weighted by Crippen LogP contribution is -2.42. The Bertz CT molecular complexity index is 1160. The molecular formula is C20H22FN5O3S. The SMILES string of the molecule is CCn1cc(S(=O)(=O)N2CCO[C@@H](c3nccnc3-c3cccc(F)c3)C2)c(C)n1. The Balaban J connectivity index is 1.66. The third-order valence-electron chi connectivity index (χ3n) is 5.00. The van der Waals surface area contributed by atoms with Crippen LogP contribution in [0.5, 0.6) is 0 Å². The molecule has 10 heteroatoms. The summed E-state index contributed by atoms with van der Waals surface area (Å²) in [7, 11) is -3.75. The van der Waals surface area contributed by atoms with Crippen LogP contribution < -0.4 is 0 Å². The van der Waals surface area contributed by atoms with Crippen molar-refractivity contribution in [3.05, 3.63) is 60.1 Å². The van der Waals surface area contributed by atoms with E-state index in [4.69, 9.17) is 4.74 Å². The standard InChI is InChI=1S/C20H22FN5O3S/c1-3-25-13-18(14(2)24-25)30(27,28)26-9-10-29-17(12-26)20-19(22-7-8-23-20)15-5-4-6-16(21)11-15/h4-8,11,13,17H,3,9-10,12H2,1-2H3/t17-/m1/s1. The second kappa shape index (κ2) is 8.21. The van der Waals surface area contributed by atoms with E-state index in [-0.39, 0.29) is 30.4 Å². The van der Waals surface area contributed by atoms with Gasteiger partial charge in [0, 0.05) is 43.8 Å². The molecule has 0 saturated carbocycles. The summed E-state index contributed by atoms with van der Waals surface area (Å²) in [6.45, 7) is 4.69. The van der Waals surface area contributed by atoms with Crippen molar-refractivity contribution in [3.63, 3.8) is 0 Å². The van der Waals surface area contributed by atoms with E-state index < -0.39 is 16.1 Å². The summed E-state index contributed by atoms with van der Waals surface area (Å²) >= 11 is 0. The molecule has 8 nitrogen and oxygen atoms in total. The Morgan fingerprint density at radius 3 is 2.80 bits per heavy atom. The summed E-state index contributed by atoms with van der Waals surface area (Å²) in [6, 6.07) is 6.04. The summed E-state index contributed by atoms with van der Waals surface area (Å²) in [5.74, 6) is -0.388. The van der Waals surface area contributed by atoms with Crippen molar-refractivity contribution < 1.29 is 17.5 Å². The van der Waals surface area contributed by atoms with Crippen LogP contribution in [-0.4, -0.2) is 52.2 Å². The van der Waals surface area contributed by atoms with Crippen LogP contribution in [0.4, 0.5) is 4.39 Å². The van der Waals surface area contributed by atoms with Crippen LogP contribution in [-0.2, 0) is 21.3 Å². The fraction of sp³-hybridized carbons (Fsp3) is 0.350. The lowest BCUT2D eigenvalue weighted by Gasteiger charge is -2.32. The normalized spacial score (nSPS) is 17.9. The number of rotatable bonds is 5. The Kier molecular flexibility index (Phi) is 5.63. The molecule has 158 valence electrons. The van der Waals surface area contributed by atoms with E-state index in [1.165, 1.54) is 28.8 Å². The smallest absolute Gasteiger partial charge is 0.246 e. The fourth-order valence-electron chi connectivity index (χ4n) is 3.51. The molecule has 0 N–H and O–H groups in total. The number of aryl methyl sites for hydroxylation is 2. The number of sulfonamides is 1. The first kappa shape index (κ1) is 20.6. The number of aromatic nitrogens is 4. The van der Waals surface area contributed by atoms with Gasteiger partial charge in [0.15, 0.2) is 0 Å². The van der Waals surface area contributed by atoms with Crippen molar-refractivity contribution in [1.82, 2.24) is 24.1 Å². The molecule has 30 heavy (non-hydrogen) atoms. The molecule has 3 aromatic rings. The molecule has 1 aliphatic heterocycles. The molecule has 1 atom stereocenters. The van der Waals surface area contributed by atoms with Crippen LogP contribution in [0.2, 0.25) is 0 Å². The first-order valence-corrected chi connectivity index (χ1v) is 11.1. The van der Waals surface area contributed by atoms with Gasteiger partial charge in [-0.15, -0.1) is 0 Å². The number of halogens is 1. The van der Waals surface area contributed by atoms with Gasteiger partial charge in [0.25, 0.3) is 0 Å². The van der Waals surface area contributed by atoms with Gasteiger partial charge in [-0.05, 0) is 26.0 Å². The van der Waals surface area contributed by atoms with Crippen molar-refractivity contribution in [1.29, 1.82) is 0 Å². The lowest BCUT2D eigenvalue weighted by molar-refractivity contribution is -0.00478. The zero-order valence-electron chi connectivity index (χ0n) is 16.7. The monoisotopic (exact) mass is 431 g/mol. The molecule has 0 aliphatic carbocycles. The third-order valence-corrected chi connectivity index (χ3v) is 6.97. The van der Waals surface area contributed by atoms with Gasteiger partial charge in [0.05, 0.1) is 23.7 Å². The molecule has 0 spiro atoms. The molecule has 2 aromatic heterocycles. The van der Waals surface area contributed by atoms with Crippen molar-refractivity contribution >= 4 is 10.0 Å². The molecule has 0 radical (unpaired) electrons. The topological polar surface area (TPSA) is 90.2 Å². The van der Waals surface area contributed by atoms with E-state index in [9.17, 15) is 12.8 Å². The molecule has 1 fully saturated rings. The van der Waals surface area contributed by atoms with Crippen molar-refractivity contribution in [2.75, 3.05) is 19.7 Å². The molecule has 0 bridgehead atoms. The van der Waals surface area contributed by atoms with E-state index >= 15 is 0 Å². The highest BCUT2D eigenvalue weighted by Gasteiger charge is 2.35. The van der Waals surface area contributed by atoms with Crippen molar-refractivity contribution in [3.8, 4) is 11.3 Å². The molecular weight excluding hydrogens is 409 g/mol. The van der Waals surface area contributed by atoms with E-state index in [1.807, 2.05) is 6.92 Å². The number of ether oxygens (including phenoxy) is 1. The number of benzene rings is 1. The van der Waals surface area contributed by atoms with Gasteiger partial charge >= 0.3 is 0 Å². The van der Waals surface area contributed by atoms with Crippen molar-refractivity contribution in [2.45, 2.75) is 31.4 Å². The molecule has 4 rings (SSSR count). The second-order valence-corrected chi connectivity index (χ2v) is 8.86. The van der Waals surface area contributed by atoms with Gasteiger partial charge in [0.1, 0.15) is 16.8 Å². The van der Waals surface area contributed by atoms with Crippen LogP contribution in [0.1, 0.15) is 24.4 Å². The Morgan fingerprint density at radius 1 is 1.27 bits per heavy atom. The largest absolute Gasteiger partial charge is 0.369 e. The maximum absolute atomic E-state index is 13.7. The quantitative estimate of drug-likeness (QED) is 0.617. The lowest BCUT2D eigenvalue weighted by atomic mass is 10.1. The fourth-order valence-corrected chi connectivity index (χ4v) is 5.10. The minimum atomic E-state index is -3.75. The predicted molar refractivity (Wildman–Crippen MR) is 108 cm³/mol. The van der Waals surface area contributed by atoms with Crippen LogP contribution in [0, 0.1) is 12.7 Å². The number of hydrogen-bond donors (Lipinski definition) is 0. The van der Waals surface area contributed by atoms with Gasteiger partial charge in [-0.25, -0.2) is 12.8 Å². The Labute approximate surface area is 174 Å². The number of hydrogen-bond acceptors (Lipinski definition) is 6. The summed E-state index contributed by atoms with van der Waals surface area (Å²) in [4.78, 5) is 8.92. The van der Waals surface area contributed by atoms with Gasteiger partial charge in [-0.3, -0.25) is 14.6 Å². The summed E-state index contributed by atoms with van der Waals surface area (Å²) in [6.07, 6.45) is 3.96. The first-order valence-electron chi connectivity index (χ1n) is 9.62. The Morgan fingerprint density at radius 2 is 2.07 bits per heavy atom. The molecule has 0 unspecified atom stereocenters. The van der Waals surface area contributed by atoms with Crippen LogP contribution in [0.25, 0.3) is 11.3 Å². The zero-order chi connectivity index (χ0) is 21.3. The molecule has 1 saturated heterocycles. The average molecular weight is 431 g/mol. The predicted octanol–water partition coefficient (Wildman–Crippen LogP) is 2.57. The van der Waals surface area contributed by atoms with Gasteiger partial charge in [-0.1, -0.05) is 12.1 Å². The minimum Gasteiger partial charge on any atom is -0.369 e. The molecule has 3 heterocycles. The van der Waals surface area contributed by atoms with Crippen molar-refractivity contribution in [2.24, 2.45) is 0 Å². The highest BCUT2D eigenvalue weighted by Crippen LogP contribution is 2.31. The highest BCUT2D eigenvalue weighted by atomic mass is 32.2. The number of nitrogens with zero attached hydrogens (tertiary/aromatic N) is 5. The highest BCUT2D eigenvalue weighted by molar-refractivity contribution is 7.89. The van der Waals surface area contributed by atoms with Gasteiger partial charge < -0.3 is 4.74 Å². The number of morpholine rings is 1. The maximum Gasteiger partial charge on any atom is 0.246 e. The minimum absolute atomic E-state index is 0.0834. The second-order valence-electron chi connectivity index (χ2n) is 6.96. The third kappa shape index (κ3) is 3.85. The first-order chi connectivity index (χ1) is 14.4. The Hall–Kier alpha value is -2.69. The summed E-state index contributed by atoms with van der Waals surface area (Å²) in [5, 5.41) is 4.25. The summed E-state index contributed by atoms with van der Waals surface area (Å²) < 4.78 is 49.1. The average Bonchev–Trinajstić information content (AvgIpc) is 3.15.